The highest BCUT2D eigenvalue weighted by atomic mass is 32.2. The van der Waals surface area contributed by atoms with Crippen molar-refractivity contribution in [2.45, 2.75) is 85.8 Å². The molecular formula is C17H19F17O4S2. The lowest BCUT2D eigenvalue weighted by Gasteiger charge is -2.42. The highest BCUT2D eigenvalue weighted by Crippen LogP contribution is 2.64. The number of ketones is 1. The molecule has 0 saturated carbocycles. The first-order valence-electron chi connectivity index (χ1n) is 9.69. The van der Waals surface area contributed by atoms with Gasteiger partial charge in [-0.2, -0.15) is 74.6 Å². The molecule has 1 unspecified atom stereocenters. The van der Waals surface area contributed by atoms with Gasteiger partial charge in [0.1, 0.15) is 4.75 Å². The summed E-state index contributed by atoms with van der Waals surface area (Å²) >= 11 is 0. The van der Waals surface area contributed by atoms with Gasteiger partial charge in [0.15, 0.2) is 21.7 Å². The second kappa shape index (κ2) is 11.4. The average Bonchev–Trinajstić information content (AvgIpc) is 2.70. The van der Waals surface area contributed by atoms with Crippen LogP contribution in [-0.2, 0) is 25.8 Å². The molecule has 0 fully saturated rings. The second-order valence-electron chi connectivity index (χ2n) is 8.70. The minimum absolute atomic E-state index is 0.233. The normalized spacial score (nSPS) is 16.3. The quantitative estimate of drug-likeness (QED) is 0.151. The Labute approximate surface area is 217 Å². The Balaban J connectivity index is 0. The topological polar surface area (TPSA) is 74.3 Å². The molecule has 0 N–H and O–H groups in total. The first-order chi connectivity index (χ1) is 16.9. The van der Waals surface area contributed by atoms with Crippen LogP contribution < -0.4 is 0 Å². The number of hydrogen-bond acceptors (Lipinski definition) is 4. The first-order valence-corrected chi connectivity index (χ1v) is 12.9. The third-order valence-corrected chi connectivity index (χ3v) is 8.55. The molecule has 0 aliphatic carbocycles. The minimum atomic E-state index is -8.92. The molecule has 0 aliphatic heterocycles. The highest BCUT2D eigenvalue weighted by molar-refractivity contribution is 7.98. The van der Waals surface area contributed by atoms with Gasteiger partial charge in [-0.3, -0.25) is 4.79 Å². The zero-order chi connectivity index (χ0) is 33.6. The van der Waals surface area contributed by atoms with Crippen LogP contribution in [0.5, 0.6) is 0 Å². The van der Waals surface area contributed by atoms with Crippen molar-refractivity contribution in [3.05, 3.63) is 0 Å². The van der Waals surface area contributed by atoms with E-state index in [2.05, 4.69) is 27.0 Å². The molecule has 0 heterocycles. The maximum Gasteiger partial charge on any atom is 0.460 e. The molecule has 0 aromatic heterocycles. The van der Waals surface area contributed by atoms with Gasteiger partial charge in [-0.05, 0) is 31.7 Å². The van der Waals surface area contributed by atoms with E-state index in [9.17, 15) is 92.4 Å². The Bertz CT molecular complexity index is 998. The SMILES string of the molecule is CCC(=O)C[S+](C)C(C)(C)C.O=S(=O)([O-])C(F)(F)C(F)(F)C(F)(F)C(F)(F)C(F)(F)C(F)(F)C(F)(F)C(F)(F)F. The number of Topliss-reactive ketones (excluding diaryl/α,β-unsaturated/α-hetero) is 1. The first kappa shape index (κ1) is 40.9. The van der Waals surface area contributed by atoms with Gasteiger partial charge in [-0.15, -0.1) is 0 Å². The van der Waals surface area contributed by atoms with Gasteiger partial charge in [0.25, 0.3) is 0 Å². The smallest absolute Gasteiger partial charge is 0.460 e. The summed E-state index contributed by atoms with van der Waals surface area (Å²) in [6.45, 7) is 8.51. The average molecular weight is 674 g/mol. The van der Waals surface area contributed by atoms with E-state index in [1.54, 1.807) is 0 Å². The van der Waals surface area contributed by atoms with Crippen molar-refractivity contribution in [2.24, 2.45) is 0 Å². The van der Waals surface area contributed by atoms with Gasteiger partial charge in [0.05, 0.1) is 6.26 Å². The summed E-state index contributed by atoms with van der Waals surface area (Å²) in [5.74, 6) is -51.0. The van der Waals surface area contributed by atoms with Crippen LogP contribution in [0.1, 0.15) is 34.1 Å². The van der Waals surface area contributed by atoms with E-state index >= 15 is 0 Å². The van der Waals surface area contributed by atoms with E-state index in [0.29, 0.717) is 17.0 Å². The number of carbonyl (C=O) groups is 1. The molecule has 0 aliphatic rings. The minimum Gasteiger partial charge on any atom is -0.743 e. The fraction of sp³-hybridized carbons (Fsp3) is 0.941. The van der Waals surface area contributed by atoms with Gasteiger partial charge in [0, 0.05) is 6.42 Å². The molecule has 0 aromatic carbocycles. The summed E-state index contributed by atoms with van der Waals surface area (Å²) in [7, 11) is -7.91. The van der Waals surface area contributed by atoms with Crippen LogP contribution in [0.4, 0.5) is 74.6 Å². The van der Waals surface area contributed by atoms with Crippen molar-refractivity contribution in [3.8, 4) is 0 Å². The van der Waals surface area contributed by atoms with Crippen LogP contribution in [-0.4, -0.2) is 82.5 Å². The fourth-order valence-electron chi connectivity index (χ4n) is 1.87. The summed E-state index contributed by atoms with van der Waals surface area (Å²) in [5, 5.41) is -7.95. The third-order valence-electron chi connectivity index (χ3n) is 4.82. The summed E-state index contributed by atoms with van der Waals surface area (Å²) in [6, 6.07) is 0. The second-order valence-corrected chi connectivity index (χ2v) is 12.9. The molecule has 0 spiro atoms. The Hall–Kier alpha value is -1.26. The van der Waals surface area contributed by atoms with E-state index < -0.39 is 57.1 Å². The number of carbonyl (C=O) groups excluding carboxylic acids is 1. The maximum absolute atomic E-state index is 13.0. The van der Waals surface area contributed by atoms with E-state index in [4.69, 9.17) is 0 Å². The van der Waals surface area contributed by atoms with Crippen molar-refractivity contribution in [3.63, 3.8) is 0 Å². The van der Waals surface area contributed by atoms with E-state index in [-0.39, 0.29) is 10.9 Å². The molecule has 0 rings (SSSR count). The molecule has 0 radical (unpaired) electrons. The van der Waals surface area contributed by atoms with Crippen molar-refractivity contribution in [2.75, 3.05) is 12.0 Å². The van der Waals surface area contributed by atoms with E-state index in [1.807, 2.05) is 6.92 Å². The molecule has 0 saturated heterocycles. The molecule has 0 amide bonds. The van der Waals surface area contributed by atoms with Crippen LogP contribution >= 0.6 is 0 Å². The maximum atomic E-state index is 13.0. The monoisotopic (exact) mass is 674 g/mol. The zero-order valence-corrected chi connectivity index (χ0v) is 21.9. The predicted molar refractivity (Wildman–Crippen MR) is 104 cm³/mol. The molecular weight excluding hydrogens is 655 g/mol. The standard InChI is InChI=1S/C9H19OS.C8HF17O3S/c1-6-8(10)7-11(5)9(2,3)4;9-1(10,3(13,14)5(17,18)7(21,22)23)2(11,12)4(15,16)6(19,20)8(24,25)29(26,27)28/h6-7H2,1-5H3;(H,26,27,28)/q+1;/p-1. The van der Waals surface area contributed by atoms with Gasteiger partial charge >= 0.3 is 47.0 Å². The van der Waals surface area contributed by atoms with Crippen LogP contribution in [0, 0.1) is 0 Å². The lowest BCUT2D eigenvalue weighted by Crippen LogP contribution is -2.75. The Kier molecular flexibility index (Phi) is 11.7. The fourth-order valence-corrected chi connectivity index (χ4v) is 3.43. The van der Waals surface area contributed by atoms with Crippen LogP contribution in [0.2, 0.25) is 0 Å². The molecule has 242 valence electrons. The van der Waals surface area contributed by atoms with E-state index in [0.717, 1.165) is 5.75 Å². The number of hydrogen-bond donors (Lipinski definition) is 0. The molecule has 0 aromatic rings. The summed E-state index contributed by atoms with van der Waals surface area (Å²) in [6.07, 6.45) is -5.03. The van der Waals surface area contributed by atoms with Crippen LogP contribution in [0.3, 0.4) is 0 Å². The number of halogens is 17. The number of alkyl halides is 17. The van der Waals surface area contributed by atoms with Crippen LogP contribution in [0.25, 0.3) is 0 Å². The lowest BCUT2D eigenvalue weighted by molar-refractivity contribution is -0.458. The molecule has 23 heteroatoms. The van der Waals surface area contributed by atoms with Gasteiger partial charge in [0.2, 0.25) is 0 Å². The van der Waals surface area contributed by atoms with Gasteiger partial charge < -0.3 is 4.55 Å². The van der Waals surface area contributed by atoms with Crippen molar-refractivity contribution >= 4 is 26.8 Å². The number of rotatable bonds is 10. The van der Waals surface area contributed by atoms with Crippen molar-refractivity contribution in [1.82, 2.24) is 0 Å². The summed E-state index contributed by atoms with van der Waals surface area (Å²) < 4.78 is 244. The van der Waals surface area contributed by atoms with E-state index in [1.165, 1.54) is 0 Å². The third kappa shape index (κ3) is 6.86. The molecule has 0 bridgehead atoms. The Morgan fingerprint density at radius 3 is 1.12 bits per heavy atom. The molecule has 40 heavy (non-hydrogen) atoms. The summed E-state index contributed by atoms with van der Waals surface area (Å²) in [4.78, 5) is 11.1. The molecule has 4 nitrogen and oxygen atoms in total. The highest BCUT2D eigenvalue weighted by Gasteiger charge is 2.95. The largest absolute Gasteiger partial charge is 0.743 e. The van der Waals surface area contributed by atoms with Crippen molar-refractivity contribution in [1.29, 1.82) is 0 Å². The van der Waals surface area contributed by atoms with Crippen LogP contribution in [0.15, 0.2) is 0 Å². The van der Waals surface area contributed by atoms with Crippen molar-refractivity contribution < 1.29 is 92.4 Å². The predicted octanol–water partition coefficient (Wildman–Crippen LogP) is 6.51. The Morgan fingerprint density at radius 1 is 0.625 bits per heavy atom. The summed E-state index contributed by atoms with van der Waals surface area (Å²) in [5.41, 5.74) is 0. The molecule has 1 atom stereocenters. The lowest BCUT2D eigenvalue weighted by atomic mass is 9.91. The van der Waals surface area contributed by atoms with Gasteiger partial charge in [-0.25, -0.2) is 8.42 Å². The zero-order valence-electron chi connectivity index (χ0n) is 20.3. The Morgan fingerprint density at radius 2 is 0.900 bits per heavy atom. The van der Waals surface area contributed by atoms with Gasteiger partial charge in [-0.1, -0.05) is 6.92 Å².